The molecule has 1 aromatic rings. The van der Waals surface area contributed by atoms with E-state index in [2.05, 4.69) is 5.32 Å². The number of ether oxygens (including phenoxy) is 2. The average molecular weight is 346 g/mol. The zero-order valence-corrected chi connectivity index (χ0v) is 15.2. The Labute approximate surface area is 150 Å². The molecule has 2 fully saturated rings. The Morgan fingerprint density at radius 2 is 1.80 bits per heavy atom. The van der Waals surface area contributed by atoms with Gasteiger partial charge in [-0.1, -0.05) is 6.42 Å². The molecule has 0 aliphatic heterocycles. The van der Waals surface area contributed by atoms with Gasteiger partial charge in [-0.05, 0) is 68.7 Å². The van der Waals surface area contributed by atoms with Crippen LogP contribution in [0.2, 0.25) is 0 Å². The Balaban J connectivity index is 1.45. The van der Waals surface area contributed by atoms with Crippen LogP contribution < -0.4 is 20.5 Å². The first-order valence-corrected chi connectivity index (χ1v) is 9.41. The number of nitrogens with one attached hydrogen (secondary N) is 1. The van der Waals surface area contributed by atoms with Crippen LogP contribution in [0.15, 0.2) is 24.3 Å². The number of benzene rings is 1. The summed E-state index contributed by atoms with van der Waals surface area (Å²) < 4.78 is 11.0. The van der Waals surface area contributed by atoms with E-state index in [-0.39, 0.29) is 17.9 Å². The number of carbonyl (C=O) groups excluding carboxylic acids is 1. The fraction of sp³-hybridized carbons (Fsp3) is 0.650. The summed E-state index contributed by atoms with van der Waals surface area (Å²) in [5.74, 6) is 2.90. The van der Waals surface area contributed by atoms with E-state index in [1.807, 2.05) is 31.2 Å². The summed E-state index contributed by atoms with van der Waals surface area (Å²) in [5, 5.41) is 3.07. The summed E-state index contributed by atoms with van der Waals surface area (Å²) in [6.45, 7) is 2.48. The number of rotatable bonds is 6. The molecule has 25 heavy (non-hydrogen) atoms. The van der Waals surface area contributed by atoms with Crippen LogP contribution in [0.3, 0.4) is 0 Å². The number of amides is 1. The van der Waals surface area contributed by atoms with Gasteiger partial charge >= 0.3 is 0 Å². The first-order valence-electron chi connectivity index (χ1n) is 9.41. The van der Waals surface area contributed by atoms with E-state index < -0.39 is 0 Å². The minimum absolute atomic E-state index is 0.0808. The Bertz CT molecular complexity index is 561. The second-order valence-corrected chi connectivity index (χ2v) is 7.55. The molecule has 2 bridgehead atoms. The van der Waals surface area contributed by atoms with Gasteiger partial charge < -0.3 is 20.5 Å². The van der Waals surface area contributed by atoms with Crippen LogP contribution in [-0.2, 0) is 4.79 Å². The van der Waals surface area contributed by atoms with E-state index in [1.54, 1.807) is 7.11 Å². The lowest BCUT2D eigenvalue weighted by Gasteiger charge is -2.43. The van der Waals surface area contributed by atoms with Crippen molar-refractivity contribution in [1.29, 1.82) is 0 Å². The molecule has 0 aromatic heterocycles. The highest BCUT2D eigenvalue weighted by atomic mass is 16.5. The smallest absolute Gasteiger partial charge is 0.223 e. The van der Waals surface area contributed by atoms with E-state index in [0.29, 0.717) is 24.4 Å². The predicted octanol–water partition coefficient (Wildman–Crippen LogP) is 2.73. The number of methoxy groups -OCH3 is 1. The Kier molecular flexibility index (Phi) is 5.84. The Morgan fingerprint density at radius 3 is 2.40 bits per heavy atom. The van der Waals surface area contributed by atoms with E-state index in [0.717, 1.165) is 24.3 Å². The molecule has 0 spiro atoms. The lowest BCUT2D eigenvalue weighted by molar-refractivity contribution is -0.128. The molecule has 138 valence electrons. The molecule has 3 atom stereocenters. The maximum atomic E-state index is 12.6. The van der Waals surface area contributed by atoms with Crippen molar-refractivity contribution in [1.82, 2.24) is 5.32 Å². The molecule has 2 saturated carbocycles. The van der Waals surface area contributed by atoms with E-state index in [1.165, 1.54) is 19.3 Å². The molecule has 5 heteroatoms. The summed E-state index contributed by atoms with van der Waals surface area (Å²) in [4.78, 5) is 12.6. The largest absolute Gasteiger partial charge is 0.497 e. The van der Waals surface area contributed by atoms with Gasteiger partial charge in [-0.3, -0.25) is 4.79 Å². The summed E-state index contributed by atoms with van der Waals surface area (Å²) in [6, 6.07) is 7.78. The standard InChI is InChI=1S/C20H30N2O3/c1-13(25-18-8-6-17(24-2)7-9-18)12-22-20(23)16-10-14-4-3-5-15(11-16)19(14)21/h6-9,13-16,19H,3-5,10-12,21H2,1-2H3,(H,22,23). The van der Waals surface area contributed by atoms with Gasteiger partial charge in [-0.15, -0.1) is 0 Å². The zero-order valence-electron chi connectivity index (χ0n) is 15.2. The third-order valence-electron chi connectivity index (χ3n) is 5.74. The van der Waals surface area contributed by atoms with Gasteiger partial charge in [0, 0.05) is 12.0 Å². The Morgan fingerprint density at radius 1 is 1.20 bits per heavy atom. The van der Waals surface area contributed by atoms with Crippen LogP contribution >= 0.6 is 0 Å². The highest BCUT2D eigenvalue weighted by Crippen LogP contribution is 2.41. The molecular weight excluding hydrogens is 316 g/mol. The maximum absolute atomic E-state index is 12.6. The molecular formula is C20H30N2O3. The molecule has 3 N–H and O–H groups in total. The van der Waals surface area contributed by atoms with Gasteiger partial charge in [-0.2, -0.15) is 0 Å². The summed E-state index contributed by atoms with van der Waals surface area (Å²) in [7, 11) is 1.64. The SMILES string of the molecule is COc1ccc(OC(C)CNC(=O)C2CC3CCCC(C2)C3N)cc1. The monoisotopic (exact) mass is 346 g/mol. The first-order chi connectivity index (χ1) is 12.1. The van der Waals surface area contributed by atoms with Crippen molar-refractivity contribution in [3.63, 3.8) is 0 Å². The zero-order chi connectivity index (χ0) is 17.8. The van der Waals surface area contributed by atoms with Gasteiger partial charge in [0.2, 0.25) is 5.91 Å². The normalized spacial score (nSPS) is 29.6. The van der Waals surface area contributed by atoms with Crippen LogP contribution in [-0.4, -0.2) is 31.7 Å². The van der Waals surface area contributed by atoms with E-state index in [4.69, 9.17) is 15.2 Å². The molecule has 2 aliphatic carbocycles. The summed E-state index contributed by atoms with van der Waals surface area (Å²) in [5.41, 5.74) is 6.31. The lowest BCUT2D eigenvalue weighted by atomic mass is 9.65. The second-order valence-electron chi connectivity index (χ2n) is 7.55. The summed E-state index contributed by atoms with van der Waals surface area (Å²) in [6.07, 6.45) is 5.43. The fourth-order valence-electron chi connectivity index (χ4n) is 4.32. The first kappa shape index (κ1) is 18.1. The number of hydrogen-bond donors (Lipinski definition) is 2. The molecule has 0 radical (unpaired) electrons. The fourth-order valence-corrected chi connectivity index (χ4v) is 4.32. The maximum Gasteiger partial charge on any atom is 0.223 e. The van der Waals surface area contributed by atoms with Gasteiger partial charge in [0.25, 0.3) is 0 Å². The van der Waals surface area contributed by atoms with Crippen molar-refractivity contribution in [2.75, 3.05) is 13.7 Å². The lowest BCUT2D eigenvalue weighted by Crippen LogP contribution is -2.49. The molecule has 2 aliphatic rings. The minimum atomic E-state index is -0.0808. The number of nitrogens with two attached hydrogens (primary N) is 1. The third kappa shape index (κ3) is 4.46. The van der Waals surface area contributed by atoms with Gasteiger partial charge in [0.15, 0.2) is 0 Å². The van der Waals surface area contributed by atoms with Gasteiger partial charge in [-0.25, -0.2) is 0 Å². The molecule has 3 rings (SSSR count). The molecule has 5 nitrogen and oxygen atoms in total. The van der Waals surface area contributed by atoms with Crippen LogP contribution in [0.4, 0.5) is 0 Å². The summed E-state index contributed by atoms with van der Waals surface area (Å²) >= 11 is 0. The van der Waals surface area contributed by atoms with Crippen LogP contribution in [0.25, 0.3) is 0 Å². The van der Waals surface area contributed by atoms with Crippen molar-refractivity contribution in [3.05, 3.63) is 24.3 Å². The Hall–Kier alpha value is -1.75. The highest BCUT2D eigenvalue weighted by molar-refractivity contribution is 5.78. The van der Waals surface area contributed by atoms with Crippen molar-refractivity contribution in [2.24, 2.45) is 23.5 Å². The quantitative estimate of drug-likeness (QED) is 0.831. The average Bonchev–Trinajstić information content (AvgIpc) is 2.60. The molecule has 1 amide bonds. The van der Waals surface area contributed by atoms with Crippen molar-refractivity contribution in [2.45, 2.75) is 51.2 Å². The number of hydrogen-bond acceptors (Lipinski definition) is 4. The van der Waals surface area contributed by atoms with E-state index in [9.17, 15) is 4.79 Å². The van der Waals surface area contributed by atoms with Crippen LogP contribution in [0, 0.1) is 17.8 Å². The van der Waals surface area contributed by atoms with Crippen molar-refractivity contribution in [3.8, 4) is 11.5 Å². The second kappa shape index (κ2) is 8.09. The third-order valence-corrected chi connectivity index (χ3v) is 5.74. The molecule has 0 saturated heterocycles. The van der Waals surface area contributed by atoms with Gasteiger partial charge in [0.05, 0.1) is 13.7 Å². The highest BCUT2D eigenvalue weighted by Gasteiger charge is 2.40. The van der Waals surface area contributed by atoms with Crippen LogP contribution in [0.5, 0.6) is 11.5 Å². The number of fused-ring (bicyclic) bond motifs is 2. The van der Waals surface area contributed by atoms with Crippen LogP contribution in [0.1, 0.15) is 39.0 Å². The minimum Gasteiger partial charge on any atom is -0.497 e. The van der Waals surface area contributed by atoms with Gasteiger partial charge in [0.1, 0.15) is 17.6 Å². The topological polar surface area (TPSA) is 73.6 Å². The van der Waals surface area contributed by atoms with Crippen molar-refractivity contribution < 1.29 is 14.3 Å². The molecule has 0 heterocycles. The number of carbonyl (C=O) groups is 1. The molecule has 3 unspecified atom stereocenters. The van der Waals surface area contributed by atoms with E-state index >= 15 is 0 Å². The van der Waals surface area contributed by atoms with Crippen molar-refractivity contribution >= 4 is 5.91 Å². The predicted molar refractivity (Wildman–Crippen MR) is 97.6 cm³/mol. The molecule has 1 aromatic carbocycles.